The van der Waals surface area contributed by atoms with Crippen molar-refractivity contribution in [3.8, 4) is 0 Å². The lowest BCUT2D eigenvalue weighted by Crippen LogP contribution is -2.19. The summed E-state index contributed by atoms with van der Waals surface area (Å²) in [5.74, 6) is -1.61. The summed E-state index contributed by atoms with van der Waals surface area (Å²) in [7, 11) is 1.78. The van der Waals surface area contributed by atoms with E-state index in [0.717, 1.165) is 11.6 Å². The van der Waals surface area contributed by atoms with E-state index < -0.39 is 11.6 Å². The van der Waals surface area contributed by atoms with Crippen LogP contribution in [0.25, 0.3) is 0 Å². The first-order chi connectivity index (χ1) is 9.11. The highest BCUT2D eigenvalue weighted by Gasteiger charge is 2.15. The number of hydrogen-bond donors (Lipinski definition) is 1. The van der Waals surface area contributed by atoms with E-state index in [-0.39, 0.29) is 6.04 Å². The Labute approximate surface area is 116 Å². The molecule has 2 aromatic rings. The first-order valence-electron chi connectivity index (χ1n) is 5.97. The van der Waals surface area contributed by atoms with Crippen molar-refractivity contribution in [2.24, 2.45) is 0 Å². The molecule has 0 saturated heterocycles. The predicted octanol–water partition coefficient (Wildman–Crippen LogP) is 4.12. The minimum absolute atomic E-state index is 0.116. The molecule has 0 amide bonds. The van der Waals surface area contributed by atoms with Crippen LogP contribution in [0.4, 0.5) is 8.78 Å². The summed E-state index contributed by atoms with van der Waals surface area (Å²) in [6, 6.07) is 11.4. The van der Waals surface area contributed by atoms with Crippen molar-refractivity contribution in [2.45, 2.75) is 12.5 Å². The van der Waals surface area contributed by atoms with Gasteiger partial charge in [-0.3, -0.25) is 0 Å². The van der Waals surface area contributed by atoms with E-state index in [9.17, 15) is 8.78 Å². The molecular formula is C15H14ClF2N. The van der Waals surface area contributed by atoms with Crippen LogP contribution in [-0.2, 0) is 6.42 Å². The van der Waals surface area contributed by atoms with E-state index in [1.54, 1.807) is 19.2 Å². The normalized spacial score (nSPS) is 12.4. The summed E-state index contributed by atoms with van der Waals surface area (Å²) < 4.78 is 26.8. The van der Waals surface area contributed by atoms with Crippen molar-refractivity contribution in [3.05, 3.63) is 70.2 Å². The van der Waals surface area contributed by atoms with Crippen LogP contribution >= 0.6 is 11.6 Å². The van der Waals surface area contributed by atoms with Crippen LogP contribution in [0.3, 0.4) is 0 Å². The van der Waals surface area contributed by atoms with Crippen molar-refractivity contribution in [1.29, 1.82) is 0 Å². The van der Waals surface area contributed by atoms with Crippen LogP contribution in [0, 0.1) is 11.6 Å². The van der Waals surface area contributed by atoms with Crippen molar-refractivity contribution in [1.82, 2.24) is 5.32 Å². The van der Waals surface area contributed by atoms with Crippen LogP contribution in [0.2, 0.25) is 5.02 Å². The van der Waals surface area contributed by atoms with E-state index in [1.165, 1.54) is 6.07 Å². The van der Waals surface area contributed by atoms with E-state index in [0.29, 0.717) is 17.0 Å². The Balaban J connectivity index is 2.26. The predicted molar refractivity (Wildman–Crippen MR) is 73.3 cm³/mol. The molecule has 0 aromatic heterocycles. The molecule has 4 heteroatoms. The highest BCUT2D eigenvalue weighted by molar-refractivity contribution is 6.30. The van der Waals surface area contributed by atoms with Gasteiger partial charge in [-0.15, -0.1) is 0 Å². The second-order valence-corrected chi connectivity index (χ2v) is 4.75. The van der Waals surface area contributed by atoms with E-state index >= 15 is 0 Å². The highest BCUT2D eigenvalue weighted by Crippen LogP contribution is 2.23. The minimum atomic E-state index is -0.821. The van der Waals surface area contributed by atoms with E-state index in [1.807, 2.05) is 18.2 Å². The maximum atomic E-state index is 13.7. The third kappa shape index (κ3) is 3.31. The van der Waals surface area contributed by atoms with Gasteiger partial charge in [0.25, 0.3) is 0 Å². The number of halogens is 3. The van der Waals surface area contributed by atoms with Crippen molar-refractivity contribution < 1.29 is 8.78 Å². The number of benzene rings is 2. The quantitative estimate of drug-likeness (QED) is 0.889. The Hall–Kier alpha value is -1.45. The summed E-state index contributed by atoms with van der Waals surface area (Å²) in [4.78, 5) is 0. The zero-order valence-electron chi connectivity index (χ0n) is 10.5. The van der Waals surface area contributed by atoms with Gasteiger partial charge in [0.1, 0.15) is 0 Å². The highest BCUT2D eigenvalue weighted by atomic mass is 35.5. The summed E-state index contributed by atoms with van der Waals surface area (Å²) >= 11 is 5.94. The lowest BCUT2D eigenvalue weighted by atomic mass is 9.98. The molecule has 0 aliphatic rings. The van der Waals surface area contributed by atoms with Crippen LogP contribution in [0.15, 0.2) is 42.5 Å². The van der Waals surface area contributed by atoms with Gasteiger partial charge < -0.3 is 5.32 Å². The number of nitrogens with one attached hydrogen (secondary N) is 1. The van der Waals surface area contributed by atoms with Gasteiger partial charge in [-0.05, 0) is 42.8 Å². The van der Waals surface area contributed by atoms with Gasteiger partial charge in [0.2, 0.25) is 0 Å². The maximum absolute atomic E-state index is 13.7. The lowest BCUT2D eigenvalue weighted by molar-refractivity contribution is 0.487. The zero-order chi connectivity index (χ0) is 13.8. The van der Waals surface area contributed by atoms with Crippen LogP contribution in [0.1, 0.15) is 17.2 Å². The summed E-state index contributed by atoms with van der Waals surface area (Å²) in [6.45, 7) is 0. The molecule has 0 spiro atoms. The molecule has 1 N–H and O–H groups in total. The molecule has 0 aliphatic carbocycles. The standard InChI is InChI=1S/C15H14ClF2N/c1-19-14(10-4-2-6-12(16)8-10)9-11-5-3-7-13(17)15(11)18/h2-8,14,19H,9H2,1H3. The Morgan fingerprint density at radius 1 is 1.16 bits per heavy atom. The molecule has 0 heterocycles. The van der Waals surface area contributed by atoms with E-state index in [4.69, 9.17) is 11.6 Å². The Morgan fingerprint density at radius 2 is 1.89 bits per heavy atom. The SMILES string of the molecule is CNC(Cc1cccc(F)c1F)c1cccc(Cl)c1. The fraction of sp³-hybridized carbons (Fsp3) is 0.200. The topological polar surface area (TPSA) is 12.0 Å². The molecule has 1 atom stereocenters. The van der Waals surface area contributed by atoms with Gasteiger partial charge >= 0.3 is 0 Å². The molecule has 0 saturated carbocycles. The Bertz CT molecular complexity index is 572. The fourth-order valence-electron chi connectivity index (χ4n) is 2.04. The molecule has 2 aromatic carbocycles. The second kappa shape index (κ2) is 6.13. The molecular weight excluding hydrogens is 268 g/mol. The van der Waals surface area contributed by atoms with Crippen molar-refractivity contribution in [3.63, 3.8) is 0 Å². The van der Waals surface area contributed by atoms with Crippen LogP contribution in [0.5, 0.6) is 0 Å². The smallest absolute Gasteiger partial charge is 0.162 e. The summed E-state index contributed by atoms with van der Waals surface area (Å²) in [6.07, 6.45) is 0.362. The van der Waals surface area contributed by atoms with Gasteiger partial charge in [0.05, 0.1) is 0 Å². The maximum Gasteiger partial charge on any atom is 0.162 e. The first-order valence-corrected chi connectivity index (χ1v) is 6.35. The van der Waals surface area contributed by atoms with Crippen molar-refractivity contribution in [2.75, 3.05) is 7.05 Å². The molecule has 2 rings (SSSR count). The fourth-order valence-corrected chi connectivity index (χ4v) is 2.23. The number of rotatable bonds is 4. The molecule has 0 fully saturated rings. The van der Waals surface area contributed by atoms with Crippen LogP contribution in [-0.4, -0.2) is 7.05 Å². The lowest BCUT2D eigenvalue weighted by Gasteiger charge is -2.17. The monoisotopic (exact) mass is 281 g/mol. The molecule has 0 radical (unpaired) electrons. The first kappa shape index (κ1) is 14.0. The molecule has 1 nitrogen and oxygen atoms in total. The minimum Gasteiger partial charge on any atom is -0.313 e. The zero-order valence-corrected chi connectivity index (χ0v) is 11.2. The number of likely N-dealkylation sites (N-methyl/N-ethyl adjacent to an activating group) is 1. The van der Waals surface area contributed by atoms with Gasteiger partial charge in [0.15, 0.2) is 11.6 Å². The van der Waals surface area contributed by atoms with E-state index in [2.05, 4.69) is 5.32 Å². The van der Waals surface area contributed by atoms with Gasteiger partial charge in [-0.2, -0.15) is 0 Å². The second-order valence-electron chi connectivity index (χ2n) is 4.31. The average molecular weight is 282 g/mol. The molecule has 0 bridgehead atoms. The van der Waals surface area contributed by atoms with Gasteiger partial charge in [-0.25, -0.2) is 8.78 Å². The van der Waals surface area contributed by atoms with Gasteiger partial charge in [0, 0.05) is 11.1 Å². The largest absolute Gasteiger partial charge is 0.313 e. The molecule has 19 heavy (non-hydrogen) atoms. The summed E-state index contributed by atoms with van der Waals surface area (Å²) in [5, 5.41) is 3.72. The molecule has 1 unspecified atom stereocenters. The third-order valence-electron chi connectivity index (χ3n) is 3.06. The Kier molecular flexibility index (Phi) is 4.51. The van der Waals surface area contributed by atoms with Crippen LogP contribution < -0.4 is 5.32 Å². The molecule has 100 valence electrons. The number of hydrogen-bond acceptors (Lipinski definition) is 1. The Morgan fingerprint density at radius 3 is 2.58 bits per heavy atom. The average Bonchev–Trinajstić information content (AvgIpc) is 2.40. The summed E-state index contributed by atoms with van der Waals surface area (Å²) in [5.41, 5.74) is 1.29. The van der Waals surface area contributed by atoms with Gasteiger partial charge in [-0.1, -0.05) is 35.9 Å². The van der Waals surface area contributed by atoms with Crippen molar-refractivity contribution >= 4 is 11.6 Å². The third-order valence-corrected chi connectivity index (χ3v) is 3.29. The molecule has 0 aliphatic heterocycles.